The van der Waals surface area contributed by atoms with Crippen molar-refractivity contribution in [3.63, 3.8) is 0 Å². The van der Waals surface area contributed by atoms with Crippen LogP contribution >= 0.6 is 0 Å². The third-order valence-corrected chi connectivity index (χ3v) is 4.42. The van der Waals surface area contributed by atoms with E-state index in [-0.39, 0.29) is 18.4 Å². The molecule has 3 rings (SSSR count). The van der Waals surface area contributed by atoms with Crippen LogP contribution in [0.1, 0.15) is 30.9 Å². The number of carbonyl (C=O) groups is 2. The van der Waals surface area contributed by atoms with Gasteiger partial charge in [-0.2, -0.15) is 0 Å². The number of alkyl carbamates (subject to hydrolysis) is 1. The highest BCUT2D eigenvalue weighted by molar-refractivity contribution is 5.85. The standard InChI is InChI=1S/C20H22N2O3/c1-3-21-19(23)13(2)22-20(24)25-12-18-16-10-6-4-8-14(16)15-9-5-7-11-17(15)18/h4-11,13,18H,3,12H2,1-2H3,(H,21,23)(H,22,24)/t13-/m0/s1. The number of carbonyl (C=O) groups excluding carboxylic acids is 2. The van der Waals surface area contributed by atoms with E-state index in [1.807, 2.05) is 31.2 Å². The normalized spacial score (nSPS) is 13.5. The zero-order valence-corrected chi connectivity index (χ0v) is 14.4. The highest BCUT2D eigenvalue weighted by Gasteiger charge is 2.29. The lowest BCUT2D eigenvalue weighted by atomic mass is 9.98. The maximum atomic E-state index is 12.0. The predicted octanol–water partition coefficient (Wildman–Crippen LogP) is 3.05. The number of amides is 2. The topological polar surface area (TPSA) is 67.4 Å². The van der Waals surface area contributed by atoms with Crippen molar-refractivity contribution in [2.24, 2.45) is 0 Å². The molecule has 0 saturated heterocycles. The van der Waals surface area contributed by atoms with Crippen molar-refractivity contribution in [2.75, 3.05) is 13.2 Å². The number of benzene rings is 2. The highest BCUT2D eigenvalue weighted by Crippen LogP contribution is 2.44. The second-order valence-corrected chi connectivity index (χ2v) is 6.09. The fourth-order valence-electron chi connectivity index (χ4n) is 3.21. The van der Waals surface area contributed by atoms with Crippen LogP contribution < -0.4 is 10.6 Å². The van der Waals surface area contributed by atoms with Gasteiger partial charge in [0.25, 0.3) is 0 Å². The van der Waals surface area contributed by atoms with Gasteiger partial charge in [0.05, 0.1) is 0 Å². The van der Waals surface area contributed by atoms with Crippen LogP contribution in [0.5, 0.6) is 0 Å². The summed E-state index contributed by atoms with van der Waals surface area (Å²) in [7, 11) is 0. The van der Waals surface area contributed by atoms with Crippen LogP contribution in [0.25, 0.3) is 11.1 Å². The molecule has 0 aromatic heterocycles. The summed E-state index contributed by atoms with van der Waals surface area (Å²) in [6.07, 6.45) is -0.583. The quantitative estimate of drug-likeness (QED) is 0.880. The Balaban J connectivity index is 1.67. The average Bonchev–Trinajstić information content (AvgIpc) is 2.94. The summed E-state index contributed by atoms with van der Waals surface area (Å²) < 4.78 is 5.41. The van der Waals surface area contributed by atoms with Crippen LogP contribution in [0.2, 0.25) is 0 Å². The summed E-state index contributed by atoms with van der Waals surface area (Å²) in [5.74, 6) is -0.214. The zero-order valence-electron chi connectivity index (χ0n) is 14.4. The van der Waals surface area contributed by atoms with Gasteiger partial charge in [0, 0.05) is 12.5 Å². The number of fused-ring (bicyclic) bond motifs is 3. The summed E-state index contributed by atoms with van der Waals surface area (Å²) >= 11 is 0. The van der Waals surface area contributed by atoms with Crippen LogP contribution in [0, 0.1) is 0 Å². The van der Waals surface area contributed by atoms with Gasteiger partial charge in [-0.1, -0.05) is 48.5 Å². The first-order valence-corrected chi connectivity index (χ1v) is 8.51. The van der Waals surface area contributed by atoms with E-state index in [0.29, 0.717) is 6.54 Å². The largest absolute Gasteiger partial charge is 0.449 e. The molecule has 25 heavy (non-hydrogen) atoms. The van der Waals surface area contributed by atoms with E-state index in [1.54, 1.807) is 6.92 Å². The molecule has 1 aliphatic rings. The van der Waals surface area contributed by atoms with Gasteiger partial charge >= 0.3 is 6.09 Å². The lowest BCUT2D eigenvalue weighted by Gasteiger charge is -2.17. The number of rotatable bonds is 5. The van der Waals surface area contributed by atoms with Gasteiger partial charge in [-0.25, -0.2) is 4.79 Å². The summed E-state index contributed by atoms with van der Waals surface area (Å²) in [4.78, 5) is 23.7. The molecule has 0 bridgehead atoms. The van der Waals surface area contributed by atoms with Crippen LogP contribution in [0.15, 0.2) is 48.5 Å². The lowest BCUT2D eigenvalue weighted by molar-refractivity contribution is -0.122. The molecule has 130 valence electrons. The molecule has 1 aliphatic carbocycles. The zero-order chi connectivity index (χ0) is 17.8. The molecule has 2 amide bonds. The first-order chi connectivity index (χ1) is 12.1. The maximum Gasteiger partial charge on any atom is 0.407 e. The molecule has 0 aliphatic heterocycles. The molecule has 0 heterocycles. The molecule has 1 atom stereocenters. The summed E-state index contributed by atoms with van der Waals surface area (Å²) in [6, 6.07) is 15.7. The Morgan fingerprint density at radius 1 is 1.04 bits per heavy atom. The van der Waals surface area contributed by atoms with E-state index >= 15 is 0 Å². The van der Waals surface area contributed by atoms with Crippen LogP contribution in [-0.4, -0.2) is 31.2 Å². The van der Waals surface area contributed by atoms with Crippen molar-refractivity contribution >= 4 is 12.0 Å². The molecule has 0 unspecified atom stereocenters. The van der Waals surface area contributed by atoms with Crippen LogP contribution in [0.4, 0.5) is 4.79 Å². The molecule has 2 aromatic carbocycles. The Bertz CT molecular complexity index is 743. The number of nitrogens with one attached hydrogen (secondary N) is 2. The predicted molar refractivity (Wildman–Crippen MR) is 96.4 cm³/mol. The van der Waals surface area contributed by atoms with E-state index < -0.39 is 12.1 Å². The number of ether oxygens (including phenoxy) is 1. The van der Waals surface area contributed by atoms with Gasteiger partial charge in [-0.05, 0) is 36.1 Å². The van der Waals surface area contributed by atoms with Gasteiger partial charge in [0.2, 0.25) is 5.91 Å². The minimum atomic E-state index is -0.629. The Morgan fingerprint density at radius 3 is 2.16 bits per heavy atom. The molecule has 2 N–H and O–H groups in total. The SMILES string of the molecule is CCNC(=O)[C@H](C)NC(=O)OCC1c2ccccc2-c2ccccc21. The monoisotopic (exact) mass is 338 g/mol. The van der Waals surface area contributed by atoms with E-state index in [4.69, 9.17) is 4.74 Å². The molecule has 2 aromatic rings. The molecule has 0 fully saturated rings. The van der Waals surface area contributed by atoms with E-state index in [1.165, 1.54) is 11.1 Å². The van der Waals surface area contributed by atoms with Gasteiger partial charge in [-0.3, -0.25) is 4.79 Å². The van der Waals surface area contributed by atoms with Crippen molar-refractivity contribution in [1.82, 2.24) is 10.6 Å². The van der Waals surface area contributed by atoms with E-state index in [2.05, 4.69) is 34.9 Å². The fourth-order valence-corrected chi connectivity index (χ4v) is 3.21. The van der Waals surface area contributed by atoms with Gasteiger partial charge in [-0.15, -0.1) is 0 Å². The summed E-state index contributed by atoms with van der Waals surface area (Å²) in [6.45, 7) is 4.22. The van der Waals surface area contributed by atoms with Crippen molar-refractivity contribution in [2.45, 2.75) is 25.8 Å². The highest BCUT2D eigenvalue weighted by atomic mass is 16.5. The second-order valence-electron chi connectivity index (χ2n) is 6.09. The molecular weight excluding hydrogens is 316 g/mol. The second kappa shape index (κ2) is 7.38. The van der Waals surface area contributed by atoms with Crippen LogP contribution in [-0.2, 0) is 9.53 Å². The molecule has 5 nitrogen and oxygen atoms in total. The molecular formula is C20H22N2O3. The first-order valence-electron chi connectivity index (χ1n) is 8.51. The van der Waals surface area contributed by atoms with Crippen molar-refractivity contribution in [3.05, 3.63) is 59.7 Å². The van der Waals surface area contributed by atoms with Crippen molar-refractivity contribution < 1.29 is 14.3 Å². The van der Waals surface area contributed by atoms with Gasteiger partial charge < -0.3 is 15.4 Å². The Kier molecular flexibility index (Phi) is 5.03. The summed E-state index contributed by atoms with van der Waals surface area (Å²) in [5.41, 5.74) is 4.69. The number of hydrogen-bond acceptors (Lipinski definition) is 3. The Hall–Kier alpha value is -2.82. The number of likely N-dealkylation sites (N-methyl/N-ethyl adjacent to an activating group) is 1. The van der Waals surface area contributed by atoms with Gasteiger partial charge in [0.15, 0.2) is 0 Å². The van der Waals surface area contributed by atoms with Gasteiger partial charge in [0.1, 0.15) is 12.6 Å². The minimum Gasteiger partial charge on any atom is -0.449 e. The average molecular weight is 338 g/mol. The molecule has 0 spiro atoms. The van der Waals surface area contributed by atoms with E-state index in [0.717, 1.165) is 11.1 Å². The Labute approximate surface area is 147 Å². The maximum absolute atomic E-state index is 12.0. The van der Waals surface area contributed by atoms with Crippen LogP contribution in [0.3, 0.4) is 0 Å². The molecule has 0 radical (unpaired) electrons. The summed E-state index contributed by atoms with van der Waals surface area (Å²) in [5, 5.41) is 5.23. The third kappa shape index (κ3) is 3.50. The van der Waals surface area contributed by atoms with E-state index in [9.17, 15) is 9.59 Å². The fraction of sp³-hybridized carbons (Fsp3) is 0.300. The third-order valence-electron chi connectivity index (χ3n) is 4.42. The Morgan fingerprint density at radius 2 is 1.60 bits per heavy atom. The minimum absolute atomic E-state index is 0.0120. The number of hydrogen-bond donors (Lipinski definition) is 2. The van der Waals surface area contributed by atoms with Crippen molar-refractivity contribution in [1.29, 1.82) is 0 Å². The smallest absolute Gasteiger partial charge is 0.407 e. The van der Waals surface area contributed by atoms with Crippen molar-refractivity contribution in [3.8, 4) is 11.1 Å². The first kappa shape index (κ1) is 17.0. The molecule has 5 heteroatoms. The lowest BCUT2D eigenvalue weighted by Crippen LogP contribution is -2.45. The molecule has 0 saturated carbocycles.